The van der Waals surface area contributed by atoms with Crippen molar-refractivity contribution in [2.24, 2.45) is 5.92 Å². The molecule has 0 aliphatic carbocycles. The maximum atomic E-state index is 12.2. The summed E-state index contributed by atoms with van der Waals surface area (Å²) in [7, 11) is 0. The van der Waals surface area contributed by atoms with E-state index in [1.165, 1.54) is 0 Å². The lowest BCUT2D eigenvalue weighted by molar-refractivity contribution is -0.127. The molecular formula is C18H25N3O2. The molecule has 23 heavy (non-hydrogen) atoms. The lowest BCUT2D eigenvalue weighted by atomic mass is 10.1. The highest BCUT2D eigenvalue weighted by molar-refractivity contribution is 5.80. The summed E-state index contributed by atoms with van der Waals surface area (Å²) in [5.41, 5.74) is 0.440. The maximum Gasteiger partial charge on any atom is 0.260 e. The molecule has 1 aromatic carbocycles. The van der Waals surface area contributed by atoms with Crippen LogP contribution in [-0.2, 0) is 4.79 Å². The molecule has 0 aromatic heterocycles. The Kier molecular flexibility index (Phi) is 6.00. The van der Waals surface area contributed by atoms with E-state index in [-0.39, 0.29) is 5.91 Å². The highest BCUT2D eigenvalue weighted by atomic mass is 16.5. The van der Waals surface area contributed by atoms with Gasteiger partial charge in [-0.05, 0) is 51.8 Å². The van der Waals surface area contributed by atoms with Gasteiger partial charge in [0, 0.05) is 19.1 Å². The molecule has 2 atom stereocenters. The van der Waals surface area contributed by atoms with Crippen molar-refractivity contribution in [3.63, 3.8) is 0 Å². The number of nitrogens with one attached hydrogen (secondary N) is 1. The zero-order valence-electron chi connectivity index (χ0n) is 14.1. The third-order valence-electron chi connectivity index (χ3n) is 4.29. The fourth-order valence-corrected chi connectivity index (χ4v) is 2.79. The van der Waals surface area contributed by atoms with Crippen LogP contribution >= 0.6 is 0 Å². The van der Waals surface area contributed by atoms with Gasteiger partial charge in [0.15, 0.2) is 6.10 Å². The van der Waals surface area contributed by atoms with Crippen molar-refractivity contribution in [3.8, 4) is 11.8 Å². The fourth-order valence-electron chi connectivity index (χ4n) is 2.79. The number of hydrogen-bond acceptors (Lipinski definition) is 4. The van der Waals surface area contributed by atoms with E-state index in [0.29, 0.717) is 29.8 Å². The zero-order valence-corrected chi connectivity index (χ0v) is 14.1. The molecule has 1 amide bonds. The molecule has 1 saturated heterocycles. The van der Waals surface area contributed by atoms with Crippen molar-refractivity contribution in [1.29, 1.82) is 5.26 Å². The monoisotopic (exact) mass is 315 g/mol. The van der Waals surface area contributed by atoms with Crippen molar-refractivity contribution >= 4 is 5.91 Å². The standard InChI is InChI=1S/C18H25N3O2/c1-13(2)21-9-8-15(12-21)11-20-18(22)14(3)23-17-7-5-4-6-16(17)10-19/h4-7,13-15H,8-9,11-12H2,1-3H3,(H,20,22)/t14-,15-/m0/s1. The summed E-state index contributed by atoms with van der Waals surface area (Å²) in [4.78, 5) is 14.6. The first-order chi connectivity index (χ1) is 11.0. The summed E-state index contributed by atoms with van der Waals surface area (Å²) >= 11 is 0. The summed E-state index contributed by atoms with van der Waals surface area (Å²) in [5, 5.41) is 12.0. The van der Waals surface area contributed by atoms with E-state index in [0.717, 1.165) is 19.5 Å². The largest absolute Gasteiger partial charge is 0.480 e. The number of carbonyl (C=O) groups is 1. The van der Waals surface area contributed by atoms with Crippen molar-refractivity contribution < 1.29 is 9.53 Å². The molecule has 1 N–H and O–H groups in total. The van der Waals surface area contributed by atoms with E-state index in [1.807, 2.05) is 0 Å². The van der Waals surface area contributed by atoms with Gasteiger partial charge in [-0.2, -0.15) is 5.26 Å². The molecule has 2 rings (SSSR count). The van der Waals surface area contributed by atoms with Gasteiger partial charge < -0.3 is 15.0 Å². The molecule has 0 bridgehead atoms. The van der Waals surface area contributed by atoms with Crippen molar-refractivity contribution in [2.75, 3.05) is 19.6 Å². The summed E-state index contributed by atoms with van der Waals surface area (Å²) in [5.74, 6) is 0.810. The van der Waals surface area contributed by atoms with Crippen molar-refractivity contribution in [2.45, 2.75) is 39.3 Å². The van der Waals surface area contributed by atoms with E-state index < -0.39 is 6.10 Å². The number of nitriles is 1. The average Bonchev–Trinajstić information content (AvgIpc) is 3.02. The maximum absolute atomic E-state index is 12.2. The van der Waals surface area contributed by atoms with E-state index in [1.54, 1.807) is 31.2 Å². The Balaban J connectivity index is 1.81. The Bertz CT molecular complexity index is 580. The van der Waals surface area contributed by atoms with Crippen molar-refractivity contribution in [3.05, 3.63) is 29.8 Å². The first-order valence-electron chi connectivity index (χ1n) is 8.18. The molecule has 1 aromatic rings. The van der Waals surface area contributed by atoms with Crippen LogP contribution in [-0.4, -0.2) is 42.6 Å². The number of benzene rings is 1. The highest BCUT2D eigenvalue weighted by Gasteiger charge is 2.25. The Morgan fingerprint density at radius 3 is 2.83 bits per heavy atom. The van der Waals surface area contributed by atoms with E-state index in [2.05, 4.69) is 30.1 Å². The summed E-state index contributed by atoms with van der Waals surface area (Å²) in [6, 6.07) is 9.58. The predicted molar refractivity (Wildman–Crippen MR) is 89.1 cm³/mol. The number of ether oxygens (including phenoxy) is 1. The number of para-hydroxylation sites is 1. The second-order valence-corrected chi connectivity index (χ2v) is 6.36. The number of likely N-dealkylation sites (tertiary alicyclic amines) is 1. The Hall–Kier alpha value is -2.06. The van der Waals surface area contributed by atoms with Gasteiger partial charge in [-0.15, -0.1) is 0 Å². The fraction of sp³-hybridized carbons (Fsp3) is 0.556. The molecule has 0 spiro atoms. The van der Waals surface area contributed by atoms with Gasteiger partial charge in [0.05, 0.1) is 5.56 Å². The third kappa shape index (κ3) is 4.70. The minimum Gasteiger partial charge on any atom is -0.480 e. The van der Waals surface area contributed by atoms with Crippen molar-refractivity contribution in [1.82, 2.24) is 10.2 Å². The highest BCUT2D eigenvalue weighted by Crippen LogP contribution is 2.19. The van der Waals surface area contributed by atoms with Gasteiger partial charge in [0.25, 0.3) is 5.91 Å². The van der Waals surface area contributed by atoms with Crippen LogP contribution in [0, 0.1) is 17.2 Å². The smallest absolute Gasteiger partial charge is 0.260 e. The normalized spacial score (nSPS) is 19.3. The molecule has 1 heterocycles. The van der Waals surface area contributed by atoms with Crippen LogP contribution in [0.15, 0.2) is 24.3 Å². The van der Waals surface area contributed by atoms with Crippen LogP contribution < -0.4 is 10.1 Å². The SMILES string of the molecule is CC(C)N1CC[C@@H](CNC(=O)[C@H](C)Oc2ccccc2C#N)C1. The van der Waals surface area contributed by atoms with E-state index >= 15 is 0 Å². The van der Waals surface area contributed by atoms with Crippen LogP contribution in [0.25, 0.3) is 0 Å². The van der Waals surface area contributed by atoms with Crippen LogP contribution in [0.4, 0.5) is 0 Å². The molecule has 1 aliphatic heterocycles. The molecule has 1 fully saturated rings. The Morgan fingerprint density at radius 1 is 1.43 bits per heavy atom. The second-order valence-electron chi connectivity index (χ2n) is 6.36. The summed E-state index contributed by atoms with van der Waals surface area (Å²) < 4.78 is 5.63. The molecule has 5 heteroatoms. The quantitative estimate of drug-likeness (QED) is 0.874. The average molecular weight is 315 g/mol. The first-order valence-corrected chi connectivity index (χ1v) is 8.18. The van der Waals surface area contributed by atoms with Gasteiger partial charge >= 0.3 is 0 Å². The van der Waals surface area contributed by atoms with Crippen LogP contribution in [0.3, 0.4) is 0 Å². The second kappa shape index (κ2) is 7.98. The lowest BCUT2D eigenvalue weighted by Crippen LogP contribution is -2.39. The minimum absolute atomic E-state index is 0.138. The van der Waals surface area contributed by atoms with Gasteiger partial charge in [-0.3, -0.25) is 4.79 Å². The molecule has 0 saturated carbocycles. The van der Waals surface area contributed by atoms with Gasteiger partial charge in [-0.25, -0.2) is 0 Å². The number of rotatable bonds is 6. The van der Waals surface area contributed by atoms with E-state index in [9.17, 15) is 4.79 Å². The summed E-state index contributed by atoms with van der Waals surface area (Å²) in [6.07, 6.45) is 0.498. The van der Waals surface area contributed by atoms with E-state index in [4.69, 9.17) is 10.00 Å². The number of amides is 1. The van der Waals surface area contributed by atoms with Gasteiger partial charge in [-0.1, -0.05) is 12.1 Å². The summed E-state index contributed by atoms with van der Waals surface area (Å²) in [6.45, 7) is 8.91. The predicted octanol–water partition coefficient (Wildman–Crippen LogP) is 2.17. The minimum atomic E-state index is -0.618. The molecule has 124 valence electrons. The third-order valence-corrected chi connectivity index (χ3v) is 4.29. The van der Waals surface area contributed by atoms with Gasteiger partial charge in [0.2, 0.25) is 0 Å². The topological polar surface area (TPSA) is 65.4 Å². The first kappa shape index (κ1) is 17.3. The van der Waals surface area contributed by atoms with Gasteiger partial charge in [0.1, 0.15) is 11.8 Å². The zero-order chi connectivity index (χ0) is 16.8. The van der Waals surface area contributed by atoms with Crippen LogP contribution in [0.2, 0.25) is 0 Å². The Morgan fingerprint density at radius 2 is 2.17 bits per heavy atom. The Labute approximate surface area is 138 Å². The van der Waals surface area contributed by atoms with Crippen LogP contribution in [0.5, 0.6) is 5.75 Å². The number of nitrogens with zero attached hydrogens (tertiary/aromatic N) is 2. The molecule has 0 radical (unpaired) electrons. The number of carbonyl (C=O) groups excluding carboxylic acids is 1. The lowest BCUT2D eigenvalue weighted by Gasteiger charge is -2.21. The molecule has 1 aliphatic rings. The van der Waals surface area contributed by atoms with Crippen LogP contribution in [0.1, 0.15) is 32.8 Å². The number of hydrogen-bond donors (Lipinski definition) is 1. The molecule has 5 nitrogen and oxygen atoms in total. The molecule has 0 unspecified atom stereocenters. The molecular weight excluding hydrogens is 290 g/mol.